The SMILES string of the molecule is O=C(NCC1CCC(CNC(=O)NC2CCC(CCN3C4CCC3c3ccccc34)CC2)CC1)NC1CCC(CCN2C3CCC2c2ccccc23)CC1. The summed E-state index contributed by atoms with van der Waals surface area (Å²) in [5.74, 6) is 2.65. The molecular weight excluding hydrogens is 669 g/mol. The number of carbonyl (C=O) groups is 2. The monoisotopic (exact) mass is 735 g/mol. The predicted molar refractivity (Wildman–Crippen MR) is 215 cm³/mol. The number of hydrogen-bond donors (Lipinski definition) is 4. The third kappa shape index (κ3) is 7.94. The first-order valence-electron chi connectivity index (χ1n) is 22.3. The van der Waals surface area contributed by atoms with E-state index in [0.717, 1.165) is 76.3 Å². The van der Waals surface area contributed by atoms with Crippen molar-refractivity contribution in [3.05, 3.63) is 70.8 Å². The summed E-state index contributed by atoms with van der Waals surface area (Å²) >= 11 is 0. The van der Waals surface area contributed by atoms with Gasteiger partial charge in [-0.05, 0) is 175 Å². The lowest BCUT2D eigenvalue weighted by Crippen LogP contribution is -2.46. The van der Waals surface area contributed by atoms with E-state index in [9.17, 15) is 9.59 Å². The molecule has 4 atom stereocenters. The van der Waals surface area contributed by atoms with Crippen molar-refractivity contribution in [2.24, 2.45) is 23.7 Å². The molecule has 2 saturated heterocycles. The number of carbonyl (C=O) groups excluding carboxylic acids is 2. The Morgan fingerprint density at radius 1 is 0.444 bits per heavy atom. The second-order valence-electron chi connectivity index (χ2n) is 18.6. The highest BCUT2D eigenvalue weighted by molar-refractivity contribution is 5.74. The zero-order valence-corrected chi connectivity index (χ0v) is 32.7. The maximum absolute atomic E-state index is 12.8. The summed E-state index contributed by atoms with van der Waals surface area (Å²) in [5, 5.41) is 13.0. The Hall–Kier alpha value is -3.10. The van der Waals surface area contributed by atoms with E-state index in [2.05, 4.69) is 79.6 Å². The zero-order chi connectivity index (χ0) is 36.4. The van der Waals surface area contributed by atoms with Crippen molar-refractivity contribution in [3.63, 3.8) is 0 Å². The van der Waals surface area contributed by atoms with Gasteiger partial charge < -0.3 is 21.3 Å². The van der Waals surface area contributed by atoms with E-state index < -0.39 is 0 Å². The van der Waals surface area contributed by atoms with Crippen LogP contribution in [0.3, 0.4) is 0 Å². The molecule has 3 saturated carbocycles. The molecule has 2 aromatic rings. The number of urea groups is 2. The van der Waals surface area contributed by atoms with Gasteiger partial charge >= 0.3 is 12.1 Å². The minimum Gasteiger partial charge on any atom is -0.338 e. The normalized spacial score (nSPS) is 34.3. The van der Waals surface area contributed by atoms with Crippen LogP contribution in [0.4, 0.5) is 9.59 Å². The molecule has 4 N–H and O–H groups in total. The van der Waals surface area contributed by atoms with Gasteiger partial charge in [0.2, 0.25) is 0 Å². The van der Waals surface area contributed by atoms with Crippen LogP contribution < -0.4 is 21.3 Å². The lowest BCUT2D eigenvalue weighted by molar-refractivity contribution is 0.184. The van der Waals surface area contributed by atoms with Gasteiger partial charge in [0.1, 0.15) is 0 Å². The van der Waals surface area contributed by atoms with Crippen molar-refractivity contribution in [2.75, 3.05) is 26.2 Å². The summed E-state index contributed by atoms with van der Waals surface area (Å²) in [4.78, 5) is 31.2. The van der Waals surface area contributed by atoms with Crippen LogP contribution in [0.15, 0.2) is 48.5 Å². The first-order valence-corrected chi connectivity index (χ1v) is 22.3. The fourth-order valence-corrected chi connectivity index (χ4v) is 12.4. The Bertz CT molecular complexity index is 1410. The van der Waals surface area contributed by atoms with E-state index in [4.69, 9.17) is 0 Å². The van der Waals surface area contributed by atoms with Crippen molar-refractivity contribution < 1.29 is 9.59 Å². The standard InChI is InChI=1S/C46H66N6O2/c53-45(49-35-17-13-31(14-18-35)25-27-51-41-21-22-42(51)38-6-2-1-5-37(38)41)47-29-33-9-11-34(12-10-33)30-48-46(54)50-36-19-15-32(16-20-36)26-28-52-43-23-24-44(52)40-8-4-3-7-39(40)43/h1-8,31-36,41-44H,9-30H2,(H2,47,49,53)(H2,48,50,54). The molecule has 5 fully saturated rings. The minimum atomic E-state index is 0.0174. The van der Waals surface area contributed by atoms with Gasteiger partial charge in [-0.2, -0.15) is 0 Å². The van der Waals surface area contributed by atoms with E-state index in [1.54, 1.807) is 22.3 Å². The summed E-state index contributed by atoms with van der Waals surface area (Å²) in [7, 11) is 0. The number of fused-ring (bicyclic) bond motifs is 10. The van der Waals surface area contributed by atoms with E-state index >= 15 is 0 Å². The molecule has 8 nitrogen and oxygen atoms in total. The second kappa shape index (κ2) is 16.6. The van der Waals surface area contributed by atoms with Crippen LogP contribution in [0.5, 0.6) is 0 Å². The number of amides is 4. The van der Waals surface area contributed by atoms with Crippen LogP contribution in [0.25, 0.3) is 0 Å². The fourth-order valence-electron chi connectivity index (χ4n) is 12.4. The van der Waals surface area contributed by atoms with Gasteiger partial charge in [-0.25, -0.2) is 9.59 Å². The van der Waals surface area contributed by atoms with Crippen LogP contribution in [-0.4, -0.2) is 60.1 Å². The topological polar surface area (TPSA) is 88.7 Å². The molecular formula is C46H66N6O2. The lowest BCUT2D eigenvalue weighted by Gasteiger charge is -2.32. The highest BCUT2D eigenvalue weighted by Gasteiger charge is 2.44. The molecule has 4 amide bonds. The molecule has 4 heterocycles. The summed E-state index contributed by atoms with van der Waals surface area (Å²) in [6.07, 6.45) is 21.7. The van der Waals surface area contributed by atoms with Crippen LogP contribution in [0.2, 0.25) is 0 Å². The van der Waals surface area contributed by atoms with Gasteiger partial charge in [0.15, 0.2) is 0 Å². The Morgan fingerprint density at radius 2 is 0.759 bits per heavy atom. The summed E-state index contributed by atoms with van der Waals surface area (Å²) in [6.45, 7) is 3.96. The van der Waals surface area contributed by atoms with Crippen LogP contribution in [0.1, 0.15) is 162 Å². The van der Waals surface area contributed by atoms with E-state index in [-0.39, 0.29) is 12.1 Å². The van der Waals surface area contributed by atoms with Crippen LogP contribution >= 0.6 is 0 Å². The molecule has 3 aliphatic carbocycles. The van der Waals surface area contributed by atoms with Gasteiger partial charge in [0, 0.05) is 49.3 Å². The molecule has 0 aromatic heterocycles. The van der Waals surface area contributed by atoms with Crippen molar-refractivity contribution in [1.29, 1.82) is 0 Å². The van der Waals surface area contributed by atoms with Gasteiger partial charge in [0.05, 0.1) is 0 Å². The molecule has 8 heteroatoms. The number of rotatable bonds is 12. The van der Waals surface area contributed by atoms with E-state index in [1.165, 1.54) is 77.3 Å². The largest absolute Gasteiger partial charge is 0.338 e. The molecule has 0 radical (unpaired) electrons. The molecule has 292 valence electrons. The summed E-state index contributed by atoms with van der Waals surface area (Å²) in [6, 6.07) is 21.5. The first-order chi connectivity index (χ1) is 26.6. The maximum Gasteiger partial charge on any atom is 0.315 e. The Kier molecular flexibility index (Phi) is 11.2. The summed E-state index contributed by atoms with van der Waals surface area (Å²) < 4.78 is 0. The molecule has 54 heavy (non-hydrogen) atoms. The maximum atomic E-state index is 12.8. The molecule has 7 aliphatic rings. The van der Waals surface area contributed by atoms with Gasteiger partial charge in [-0.15, -0.1) is 0 Å². The third-order valence-corrected chi connectivity index (χ3v) is 15.5. The fraction of sp³-hybridized carbons (Fsp3) is 0.696. The van der Waals surface area contributed by atoms with E-state index in [0.29, 0.717) is 48.1 Å². The quantitative estimate of drug-likeness (QED) is 0.175. The average molecular weight is 735 g/mol. The average Bonchev–Trinajstić information content (AvgIpc) is 3.97. The molecule has 2 aromatic carbocycles. The highest BCUT2D eigenvalue weighted by atomic mass is 16.2. The molecule has 4 unspecified atom stereocenters. The van der Waals surface area contributed by atoms with E-state index in [1.807, 2.05) is 0 Å². The second-order valence-corrected chi connectivity index (χ2v) is 18.6. The lowest BCUT2D eigenvalue weighted by atomic mass is 9.82. The number of nitrogens with zero attached hydrogens (tertiary/aromatic N) is 2. The molecule has 4 aliphatic heterocycles. The molecule has 4 bridgehead atoms. The number of benzene rings is 2. The number of nitrogens with one attached hydrogen (secondary N) is 4. The van der Waals surface area contributed by atoms with Gasteiger partial charge in [-0.1, -0.05) is 48.5 Å². The Balaban J connectivity index is 0.594. The number of hydrogen-bond acceptors (Lipinski definition) is 4. The smallest absolute Gasteiger partial charge is 0.315 e. The van der Waals surface area contributed by atoms with Crippen molar-refractivity contribution >= 4 is 12.1 Å². The van der Waals surface area contributed by atoms with Crippen LogP contribution in [0, 0.1) is 23.7 Å². The van der Waals surface area contributed by atoms with Crippen molar-refractivity contribution in [3.8, 4) is 0 Å². The van der Waals surface area contributed by atoms with Gasteiger partial charge in [-0.3, -0.25) is 9.80 Å². The summed E-state index contributed by atoms with van der Waals surface area (Å²) in [5.41, 5.74) is 6.34. The minimum absolute atomic E-state index is 0.0174. The van der Waals surface area contributed by atoms with Crippen LogP contribution in [-0.2, 0) is 0 Å². The van der Waals surface area contributed by atoms with Crippen molar-refractivity contribution in [2.45, 2.75) is 152 Å². The highest BCUT2D eigenvalue weighted by Crippen LogP contribution is 2.54. The van der Waals surface area contributed by atoms with Crippen molar-refractivity contribution in [1.82, 2.24) is 31.1 Å². The third-order valence-electron chi connectivity index (χ3n) is 15.5. The Labute approximate surface area is 324 Å². The molecule has 9 rings (SSSR count). The predicted octanol–water partition coefficient (Wildman–Crippen LogP) is 9.07. The first kappa shape index (κ1) is 36.5. The molecule has 0 spiro atoms. The Morgan fingerprint density at radius 3 is 1.09 bits per heavy atom. The zero-order valence-electron chi connectivity index (χ0n) is 32.7. The van der Waals surface area contributed by atoms with Gasteiger partial charge in [0.25, 0.3) is 0 Å².